The number of hydrogen-bond acceptors (Lipinski definition) is 6. The second-order valence-corrected chi connectivity index (χ2v) is 9.58. The van der Waals surface area contributed by atoms with Crippen LogP contribution in [0.3, 0.4) is 0 Å². The molecule has 3 aromatic rings. The van der Waals surface area contributed by atoms with Crippen molar-refractivity contribution in [2.24, 2.45) is 5.92 Å². The van der Waals surface area contributed by atoms with Crippen molar-refractivity contribution in [3.8, 4) is 11.5 Å². The lowest BCUT2D eigenvalue weighted by molar-refractivity contribution is -0.129. The van der Waals surface area contributed by atoms with Gasteiger partial charge in [0.1, 0.15) is 5.76 Å². The van der Waals surface area contributed by atoms with E-state index in [-0.39, 0.29) is 11.3 Å². The van der Waals surface area contributed by atoms with Crippen LogP contribution in [-0.2, 0) is 11.2 Å². The normalized spacial score (nSPS) is 15.5. The van der Waals surface area contributed by atoms with Crippen molar-refractivity contribution in [1.82, 2.24) is 4.90 Å². The molecule has 0 bridgehead atoms. The molecular formula is C30H33NO6. The molecule has 0 saturated carbocycles. The minimum atomic E-state index is -0.812. The van der Waals surface area contributed by atoms with Crippen LogP contribution >= 0.6 is 0 Å². The number of aryl methyl sites for hydroxylation is 1. The first-order valence-electron chi connectivity index (χ1n) is 12.5. The number of methoxy groups -OCH3 is 1. The first-order valence-corrected chi connectivity index (χ1v) is 12.5. The number of carbonyl (C=O) groups is 2. The van der Waals surface area contributed by atoms with E-state index in [0.29, 0.717) is 48.3 Å². The number of furan rings is 1. The Morgan fingerprint density at radius 2 is 1.84 bits per heavy atom. The van der Waals surface area contributed by atoms with Crippen LogP contribution in [-0.4, -0.2) is 42.0 Å². The van der Waals surface area contributed by atoms with Gasteiger partial charge in [0.25, 0.3) is 5.91 Å². The van der Waals surface area contributed by atoms with Gasteiger partial charge in [-0.3, -0.25) is 9.59 Å². The molecular weight excluding hydrogens is 470 g/mol. The molecule has 0 aliphatic carbocycles. The van der Waals surface area contributed by atoms with Crippen LogP contribution in [0, 0.1) is 12.8 Å². The molecule has 2 aromatic carbocycles. The average molecular weight is 504 g/mol. The quantitative estimate of drug-likeness (QED) is 0.331. The first kappa shape index (κ1) is 26.1. The summed E-state index contributed by atoms with van der Waals surface area (Å²) in [5.41, 5.74) is 1.66. The van der Waals surface area contributed by atoms with Crippen LogP contribution in [0.5, 0.6) is 11.5 Å². The Labute approximate surface area is 217 Å². The number of carbonyl (C=O) groups excluding carboxylic acids is 2. The number of ketones is 1. The Morgan fingerprint density at radius 3 is 2.49 bits per heavy atom. The number of amides is 1. The van der Waals surface area contributed by atoms with Crippen LogP contribution in [0.4, 0.5) is 0 Å². The van der Waals surface area contributed by atoms with Gasteiger partial charge in [-0.25, -0.2) is 0 Å². The zero-order valence-corrected chi connectivity index (χ0v) is 21.7. The molecule has 0 saturated heterocycles. The highest BCUT2D eigenvalue weighted by molar-refractivity contribution is 6.15. The third-order valence-corrected chi connectivity index (χ3v) is 6.45. The highest BCUT2D eigenvalue weighted by atomic mass is 16.5. The smallest absolute Gasteiger partial charge is 0.290 e. The lowest BCUT2D eigenvalue weighted by Crippen LogP contribution is -2.33. The van der Waals surface area contributed by atoms with Crippen molar-refractivity contribution in [2.45, 2.75) is 39.7 Å². The molecule has 1 N–H and O–H groups in total. The van der Waals surface area contributed by atoms with Gasteiger partial charge in [-0.1, -0.05) is 50.2 Å². The van der Waals surface area contributed by atoms with Crippen LogP contribution in [0.2, 0.25) is 0 Å². The monoisotopic (exact) mass is 503 g/mol. The van der Waals surface area contributed by atoms with Crippen molar-refractivity contribution in [3.63, 3.8) is 0 Å². The zero-order valence-electron chi connectivity index (χ0n) is 21.7. The van der Waals surface area contributed by atoms with Crippen molar-refractivity contribution in [1.29, 1.82) is 0 Å². The average Bonchev–Trinajstić information content (AvgIpc) is 3.44. The summed E-state index contributed by atoms with van der Waals surface area (Å²) in [7, 11) is 1.55. The number of Topliss-reactive ketones (excluding diaryl/α,β-unsaturated/α-hetero) is 1. The van der Waals surface area contributed by atoms with Gasteiger partial charge in [0, 0.05) is 6.54 Å². The minimum absolute atomic E-state index is 0.0112. The molecule has 7 heteroatoms. The largest absolute Gasteiger partial charge is 0.503 e. The number of aliphatic hydroxyl groups excluding tert-OH is 1. The molecule has 0 fully saturated rings. The SMILES string of the molecule is COc1cc(C2C(C(=O)c3ccc(C)o3)=C(O)C(=O)N2CCc2ccccc2)ccc1OCCC(C)C. The number of benzene rings is 2. The summed E-state index contributed by atoms with van der Waals surface area (Å²) >= 11 is 0. The van der Waals surface area contributed by atoms with Crippen LogP contribution in [0.15, 0.2) is 76.4 Å². The lowest BCUT2D eigenvalue weighted by atomic mass is 9.94. The second-order valence-electron chi connectivity index (χ2n) is 9.58. The topological polar surface area (TPSA) is 89.2 Å². The predicted octanol–water partition coefficient (Wildman–Crippen LogP) is 5.84. The second kappa shape index (κ2) is 11.4. The molecule has 1 unspecified atom stereocenters. The van der Waals surface area contributed by atoms with E-state index in [1.54, 1.807) is 44.4 Å². The standard InChI is InChI=1S/C30H33NO6/c1-19(2)15-17-36-23-13-11-22(18-25(23)35-4)27-26(28(32)24-12-10-20(3)37-24)29(33)30(34)31(27)16-14-21-8-6-5-7-9-21/h5-13,18-19,27,33H,14-17H2,1-4H3. The van der Waals surface area contributed by atoms with Crippen molar-refractivity contribution >= 4 is 11.7 Å². The van der Waals surface area contributed by atoms with Gasteiger partial charge in [0.2, 0.25) is 5.78 Å². The zero-order chi connectivity index (χ0) is 26.5. The number of aliphatic hydroxyl groups is 1. The minimum Gasteiger partial charge on any atom is -0.503 e. The molecule has 37 heavy (non-hydrogen) atoms. The van der Waals surface area contributed by atoms with Gasteiger partial charge in [-0.15, -0.1) is 0 Å². The molecule has 1 amide bonds. The Morgan fingerprint density at radius 1 is 1.08 bits per heavy atom. The van der Waals surface area contributed by atoms with Gasteiger partial charge < -0.3 is 23.9 Å². The third kappa shape index (κ3) is 5.71. The highest BCUT2D eigenvalue weighted by Gasteiger charge is 2.44. The number of rotatable bonds is 11. The van der Waals surface area contributed by atoms with E-state index in [2.05, 4.69) is 13.8 Å². The van der Waals surface area contributed by atoms with Gasteiger partial charge in [-0.05, 0) is 61.1 Å². The van der Waals surface area contributed by atoms with Crippen molar-refractivity contribution < 1.29 is 28.6 Å². The summed E-state index contributed by atoms with van der Waals surface area (Å²) in [5, 5.41) is 10.9. The number of nitrogens with zero attached hydrogens (tertiary/aromatic N) is 1. The highest BCUT2D eigenvalue weighted by Crippen LogP contribution is 2.42. The Balaban J connectivity index is 1.71. The summed E-state index contributed by atoms with van der Waals surface area (Å²) < 4.78 is 17.1. The van der Waals surface area contributed by atoms with E-state index in [0.717, 1.165) is 12.0 Å². The van der Waals surface area contributed by atoms with E-state index in [1.165, 1.54) is 4.90 Å². The van der Waals surface area contributed by atoms with E-state index < -0.39 is 23.5 Å². The van der Waals surface area contributed by atoms with E-state index >= 15 is 0 Å². The summed E-state index contributed by atoms with van der Waals surface area (Å²) in [5.74, 6) is 0.523. The third-order valence-electron chi connectivity index (χ3n) is 6.45. The van der Waals surface area contributed by atoms with Gasteiger partial charge in [-0.2, -0.15) is 0 Å². The Kier molecular flexibility index (Phi) is 8.01. The molecule has 194 valence electrons. The fourth-order valence-corrected chi connectivity index (χ4v) is 4.42. The number of ether oxygens (including phenoxy) is 2. The van der Waals surface area contributed by atoms with Crippen LogP contribution in [0.25, 0.3) is 0 Å². The van der Waals surface area contributed by atoms with Gasteiger partial charge >= 0.3 is 0 Å². The fraction of sp³-hybridized carbons (Fsp3) is 0.333. The molecule has 0 spiro atoms. The summed E-state index contributed by atoms with van der Waals surface area (Å²) in [4.78, 5) is 28.3. The maximum Gasteiger partial charge on any atom is 0.290 e. The van der Waals surface area contributed by atoms with Crippen molar-refractivity contribution in [2.75, 3.05) is 20.3 Å². The maximum absolute atomic E-state index is 13.5. The maximum atomic E-state index is 13.5. The Hall–Kier alpha value is -4.00. The van der Waals surface area contributed by atoms with E-state index in [4.69, 9.17) is 13.9 Å². The summed E-state index contributed by atoms with van der Waals surface area (Å²) in [6, 6.07) is 17.5. The number of hydrogen-bond donors (Lipinski definition) is 1. The van der Waals surface area contributed by atoms with E-state index in [1.807, 2.05) is 30.3 Å². The summed E-state index contributed by atoms with van der Waals surface area (Å²) in [6.45, 7) is 6.84. The molecule has 7 nitrogen and oxygen atoms in total. The summed E-state index contributed by atoms with van der Waals surface area (Å²) in [6.07, 6.45) is 1.46. The lowest BCUT2D eigenvalue weighted by Gasteiger charge is -2.27. The molecule has 4 rings (SSSR count). The van der Waals surface area contributed by atoms with Crippen LogP contribution in [0.1, 0.15) is 53.8 Å². The van der Waals surface area contributed by atoms with Crippen molar-refractivity contribution in [3.05, 3.63) is 94.6 Å². The molecule has 0 radical (unpaired) electrons. The molecule has 1 aliphatic rings. The fourth-order valence-electron chi connectivity index (χ4n) is 4.42. The predicted molar refractivity (Wildman–Crippen MR) is 140 cm³/mol. The van der Waals surface area contributed by atoms with Gasteiger partial charge in [0.05, 0.1) is 25.3 Å². The Bertz CT molecular complexity index is 1290. The van der Waals surface area contributed by atoms with E-state index in [9.17, 15) is 14.7 Å². The molecule has 1 aliphatic heterocycles. The molecule has 1 atom stereocenters. The molecule has 2 heterocycles. The molecule has 1 aromatic heterocycles. The first-order chi connectivity index (χ1) is 17.8. The van der Waals surface area contributed by atoms with Crippen LogP contribution < -0.4 is 9.47 Å². The van der Waals surface area contributed by atoms with Gasteiger partial charge in [0.15, 0.2) is 23.0 Å².